The van der Waals surface area contributed by atoms with E-state index in [1.165, 1.54) is 11.3 Å². The van der Waals surface area contributed by atoms with Crippen molar-refractivity contribution in [1.29, 1.82) is 0 Å². The molecule has 1 heterocycles. The summed E-state index contributed by atoms with van der Waals surface area (Å²) in [5.74, 6) is 1.24. The van der Waals surface area contributed by atoms with Gasteiger partial charge in [0.2, 0.25) is 0 Å². The summed E-state index contributed by atoms with van der Waals surface area (Å²) in [5.41, 5.74) is 1.42. The highest BCUT2D eigenvalue weighted by Crippen LogP contribution is 2.29. The molecule has 1 atom stereocenters. The Morgan fingerprint density at radius 1 is 1.38 bits per heavy atom. The third-order valence-electron chi connectivity index (χ3n) is 2.41. The number of thioether (sulfide) groups is 1. The molecule has 0 saturated carbocycles. The SMILES string of the molecule is C[C@@]1(Cc2ccccc2)NCCS1. The standard InChI is InChI=1S/C11H15NS/c1-11(12-7-8-13-11)9-10-5-3-2-4-6-10/h2-6,12H,7-9H2,1H3/t11-/m1/s1. The Balaban J connectivity index is 2.05. The first-order valence-corrected chi connectivity index (χ1v) is 5.70. The van der Waals surface area contributed by atoms with E-state index in [0.29, 0.717) is 0 Å². The van der Waals surface area contributed by atoms with Gasteiger partial charge in [0.1, 0.15) is 0 Å². The Kier molecular flexibility index (Phi) is 2.61. The molecule has 0 spiro atoms. The largest absolute Gasteiger partial charge is 0.302 e. The van der Waals surface area contributed by atoms with E-state index in [0.717, 1.165) is 13.0 Å². The molecule has 0 radical (unpaired) electrons. The summed E-state index contributed by atoms with van der Waals surface area (Å²) in [6.07, 6.45) is 1.12. The van der Waals surface area contributed by atoms with Crippen molar-refractivity contribution in [3.05, 3.63) is 35.9 Å². The summed E-state index contributed by atoms with van der Waals surface area (Å²) >= 11 is 2.03. The van der Waals surface area contributed by atoms with Gasteiger partial charge in [0.15, 0.2) is 0 Å². The van der Waals surface area contributed by atoms with Gasteiger partial charge >= 0.3 is 0 Å². The van der Waals surface area contributed by atoms with Gasteiger partial charge in [-0.05, 0) is 18.9 Å². The minimum absolute atomic E-state index is 0.265. The van der Waals surface area contributed by atoms with Gasteiger partial charge in [-0.25, -0.2) is 0 Å². The van der Waals surface area contributed by atoms with Crippen LogP contribution >= 0.6 is 11.8 Å². The van der Waals surface area contributed by atoms with Crippen LogP contribution in [0.25, 0.3) is 0 Å². The van der Waals surface area contributed by atoms with Crippen LogP contribution in [-0.4, -0.2) is 17.2 Å². The lowest BCUT2D eigenvalue weighted by atomic mass is 10.1. The van der Waals surface area contributed by atoms with Crippen LogP contribution in [0.1, 0.15) is 12.5 Å². The van der Waals surface area contributed by atoms with Crippen molar-refractivity contribution in [2.75, 3.05) is 12.3 Å². The highest BCUT2D eigenvalue weighted by atomic mass is 32.2. The van der Waals surface area contributed by atoms with Crippen LogP contribution in [0.2, 0.25) is 0 Å². The van der Waals surface area contributed by atoms with Crippen LogP contribution in [-0.2, 0) is 6.42 Å². The Hall–Kier alpha value is -0.470. The van der Waals surface area contributed by atoms with E-state index in [2.05, 4.69) is 42.6 Å². The Morgan fingerprint density at radius 2 is 2.15 bits per heavy atom. The van der Waals surface area contributed by atoms with Crippen LogP contribution in [0.5, 0.6) is 0 Å². The van der Waals surface area contributed by atoms with E-state index >= 15 is 0 Å². The molecule has 13 heavy (non-hydrogen) atoms. The monoisotopic (exact) mass is 193 g/mol. The van der Waals surface area contributed by atoms with Crippen molar-refractivity contribution in [1.82, 2.24) is 5.32 Å². The molecule has 70 valence electrons. The molecule has 1 saturated heterocycles. The molecule has 0 bridgehead atoms. The highest BCUT2D eigenvalue weighted by molar-refractivity contribution is 8.00. The van der Waals surface area contributed by atoms with Gasteiger partial charge in [-0.15, -0.1) is 11.8 Å². The molecule has 1 N–H and O–H groups in total. The maximum Gasteiger partial charge on any atom is 0.0658 e. The topological polar surface area (TPSA) is 12.0 Å². The lowest BCUT2D eigenvalue weighted by Crippen LogP contribution is -2.35. The fourth-order valence-corrected chi connectivity index (χ4v) is 2.87. The lowest BCUT2D eigenvalue weighted by molar-refractivity contribution is 0.542. The third kappa shape index (κ3) is 2.26. The molecular weight excluding hydrogens is 178 g/mol. The average Bonchev–Trinajstić information content (AvgIpc) is 2.54. The summed E-state index contributed by atoms with van der Waals surface area (Å²) in [7, 11) is 0. The van der Waals surface area contributed by atoms with E-state index in [4.69, 9.17) is 0 Å². The van der Waals surface area contributed by atoms with Crippen molar-refractivity contribution < 1.29 is 0 Å². The number of nitrogens with one attached hydrogen (secondary N) is 1. The van der Waals surface area contributed by atoms with Gasteiger partial charge in [-0.1, -0.05) is 30.3 Å². The summed E-state index contributed by atoms with van der Waals surface area (Å²) < 4.78 is 0. The molecular formula is C11H15NS. The van der Waals surface area contributed by atoms with Crippen LogP contribution in [0.4, 0.5) is 0 Å². The molecule has 0 amide bonds. The van der Waals surface area contributed by atoms with E-state index in [1.807, 2.05) is 11.8 Å². The molecule has 1 aliphatic rings. The first kappa shape index (κ1) is 9.10. The zero-order valence-electron chi connectivity index (χ0n) is 7.92. The number of benzene rings is 1. The molecule has 2 rings (SSSR count). The minimum Gasteiger partial charge on any atom is -0.302 e. The van der Waals surface area contributed by atoms with Gasteiger partial charge < -0.3 is 5.32 Å². The highest BCUT2D eigenvalue weighted by Gasteiger charge is 2.28. The van der Waals surface area contributed by atoms with Crippen molar-refractivity contribution in [3.8, 4) is 0 Å². The van der Waals surface area contributed by atoms with E-state index in [-0.39, 0.29) is 4.87 Å². The molecule has 1 nitrogen and oxygen atoms in total. The number of hydrogen-bond donors (Lipinski definition) is 1. The third-order valence-corrected chi connectivity index (χ3v) is 3.74. The smallest absolute Gasteiger partial charge is 0.0658 e. The summed E-state index contributed by atoms with van der Waals surface area (Å²) in [5, 5.41) is 3.54. The van der Waals surface area contributed by atoms with Crippen LogP contribution in [0, 0.1) is 0 Å². The van der Waals surface area contributed by atoms with Gasteiger partial charge in [0.25, 0.3) is 0 Å². The van der Waals surface area contributed by atoms with Crippen molar-refractivity contribution in [2.45, 2.75) is 18.2 Å². The minimum atomic E-state index is 0.265. The van der Waals surface area contributed by atoms with Crippen LogP contribution < -0.4 is 5.32 Å². The lowest BCUT2D eigenvalue weighted by Gasteiger charge is -2.23. The van der Waals surface area contributed by atoms with E-state index in [9.17, 15) is 0 Å². The van der Waals surface area contributed by atoms with Crippen molar-refractivity contribution in [3.63, 3.8) is 0 Å². The quantitative estimate of drug-likeness (QED) is 0.773. The summed E-state index contributed by atoms with van der Waals surface area (Å²) in [6.45, 7) is 3.44. The molecule has 1 aliphatic heterocycles. The molecule has 0 unspecified atom stereocenters. The maximum absolute atomic E-state index is 3.54. The Morgan fingerprint density at radius 3 is 2.77 bits per heavy atom. The fourth-order valence-electron chi connectivity index (χ4n) is 1.74. The summed E-state index contributed by atoms with van der Waals surface area (Å²) in [6, 6.07) is 10.7. The first-order valence-electron chi connectivity index (χ1n) is 4.71. The molecule has 0 aliphatic carbocycles. The fraction of sp³-hybridized carbons (Fsp3) is 0.455. The molecule has 1 fully saturated rings. The molecule has 1 aromatic carbocycles. The maximum atomic E-state index is 3.54. The van der Waals surface area contributed by atoms with Gasteiger partial charge in [0, 0.05) is 12.3 Å². The van der Waals surface area contributed by atoms with E-state index < -0.39 is 0 Å². The Labute approximate surface area is 83.9 Å². The van der Waals surface area contributed by atoms with Crippen molar-refractivity contribution >= 4 is 11.8 Å². The number of hydrogen-bond acceptors (Lipinski definition) is 2. The first-order chi connectivity index (χ1) is 6.29. The predicted molar refractivity (Wildman–Crippen MR) is 59.0 cm³/mol. The predicted octanol–water partition coefficient (Wildman–Crippen LogP) is 2.28. The second-order valence-electron chi connectivity index (χ2n) is 3.67. The Bertz CT molecular complexity index is 265. The van der Waals surface area contributed by atoms with Gasteiger partial charge in [0.05, 0.1) is 4.87 Å². The van der Waals surface area contributed by atoms with Crippen molar-refractivity contribution in [2.24, 2.45) is 0 Å². The average molecular weight is 193 g/mol. The summed E-state index contributed by atoms with van der Waals surface area (Å²) in [4.78, 5) is 0.265. The van der Waals surface area contributed by atoms with Crippen LogP contribution in [0.3, 0.4) is 0 Å². The second kappa shape index (κ2) is 3.72. The van der Waals surface area contributed by atoms with Crippen LogP contribution in [0.15, 0.2) is 30.3 Å². The zero-order chi connectivity index (χ0) is 9.15. The molecule has 0 aromatic heterocycles. The number of rotatable bonds is 2. The van der Waals surface area contributed by atoms with Gasteiger partial charge in [-0.3, -0.25) is 0 Å². The zero-order valence-corrected chi connectivity index (χ0v) is 8.73. The molecule has 2 heteroatoms. The van der Waals surface area contributed by atoms with E-state index in [1.54, 1.807) is 0 Å². The second-order valence-corrected chi connectivity index (χ2v) is 5.27. The molecule has 1 aromatic rings. The van der Waals surface area contributed by atoms with Gasteiger partial charge in [-0.2, -0.15) is 0 Å². The normalized spacial score (nSPS) is 27.8.